The number of carbonyl (C=O) groups excluding carboxylic acids is 2. The average Bonchev–Trinajstić information content (AvgIpc) is 2.74. The number of hydrogen-bond acceptors (Lipinski definition) is 4. The van der Waals surface area contributed by atoms with Crippen molar-refractivity contribution in [2.24, 2.45) is 0 Å². The van der Waals surface area contributed by atoms with Crippen LogP contribution in [0.3, 0.4) is 0 Å². The summed E-state index contributed by atoms with van der Waals surface area (Å²) >= 11 is 3.07. The highest BCUT2D eigenvalue weighted by Gasteiger charge is 2.20. The molecular formula is C11H13BrN2O5. The Balaban J connectivity index is 2.55. The molecule has 7 nitrogen and oxygen atoms in total. The molecule has 0 saturated heterocycles. The third-order valence-electron chi connectivity index (χ3n) is 2.26. The minimum Gasteiger partial charge on any atom is -0.480 e. The number of aliphatic carboxylic acids is 1. The first-order valence-electron chi connectivity index (χ1n) is 5.34. The molecule has 0 spiro atoms. The lowest BCUT2D eigenvalue weighted by Gasteiger charge is -2.16. The van der Waals surface area contributed by atoms with Gasteiger partial charge in [-0.1, -0.05) is 0 Å². The number of carboxylic acid groups (broad SMARTS) is 1. The summed E-state index contributed by atoms with van der Waals surface area (Å²) in [4.78, 5) is 35.0. The summed E-state index contributed by atoms with van der Waals surface area (Å²) in [6.45, 7) is 1.08. The van der Waals surface area contributed by atoms with Gasteiger partial charge in [-0.3, -0.25) is 14.4 Å². The second-order valence-corrected chi connectivity index (χ2v) is 4.67. The molecular weight excluding hydrogens is 320 g/mol. The van der Waals surface area contributed by atoms with Gasteiger partial charge in [0.05, 0.1) is 6.54 Å². The fourth-order valence-corrected chi connectivity index (χ4v) is 1.56. The number of furan rings is 1. The second kappa shape index (κ2) is 6.37. The molecule has 0 aliphatic heterocycles. The molecule has 2 amide bonds. The molecule has 0 fully saturated rings. The number of carboxylic acids is 1. The van der Waals surface area contributed by atoms with Gasteiger partial charge in [0, 0.05) is 7.05 Å². The van der Waals surface area contributed by atoms with Crippen LogP contribution in [0.15, 0.2) is 21.2 Å². The Kier molecular flexibility index (Phi) is 5.11. The molecule has 1 aromatic rings. The predicted octanol–water partition coefficient (Wildman–Crippen LogP) is 0.703. The van der Waals surface area contributed by atoms with Crippen molar-refractivity contribution in [3.05, 3.63) is 22.6 Å². The van der Waals surface area contributed by atoms with E-state index in [0.717, 1.165) is 4.90 Å². The van der Waals surface area contributed by atoms with Gasteiger partial charge < -0.3 is 19.7 Å². The lowest BCUT2D eigenvalue weighted by molar-refractivity contribution is -0.141. The molecule has 0 aliphatic rings. The summed E-state index contributed by atoms with van der Waals surface area (Å²) in [5.41, 5.74) is 0. The van der Waals surface area contributed by atoms with Crippen molar-refractivity contribution >= 4 is 33.7 Å². The van der Waals surface area contributed by atoms with E-state index in [4.69, 9.17) is 9.52 Å². The van der Waals surface area contributed by atoms with Crippen LogP contribution in [0.1, 0.15) is 17.5 Å². The summed E-state index contributed by atoms with van der Waals surface area (Å²) in [7, 11) is 1.42. The highest BCUT2D eigenvalue weighted by Crippen LogP contribution is 2.15. The zero-order valence-electron chi connectivity index (χ0n) is 10.3. The van der Waals surface area contributed by atoms with Crippen LogP contribution < -0.4 is 5.32 Å². The van der Waals surface area contributed by atoms with E-state index in [2.05, 4.69) is 21.2 Å². The van der Waals surface area contributed by atoms with Crippen LogP contribution in [0.25, 0.3) is 0 Å². The van der Waals surface area contributed by atoms with Crippen LogP contribution in [0.5, 0.6) is 0 Å². The van der Waals surface area contributed by atoms with E-state index in [-0.39, 0.29) is 12.3 Å². The van der Waals surface area contributed by atoms with Crippen LogP contribution in [0.2, 0.25) is 0 Å². The van der Waals surface area contributed by atoms with Crippen molar-refractivity contribution in [3.63, 3.8) is 0 Å². The Labute approximate surface area is 117 Å². The van der Waals surface area contributed by atoms with Gasteiger partial charge >= 0.3 is 5.97 Å². The molecule has 0 bridgehead atoms. The molecule has 0 radical (unpaired) electrons. The van der Waals surface area contributed by atoms with Crippen molar-refractivity contribution in [1.82, 2.24) is 10.2 Å². The first kappa shape index (κ1) is 15.2. The molecule has 1 rings (SSSR count). The summed E-state index contributed by atoms with van der Waals surface area (Å²) in [5.74, 6) is -2.08. The Morgan fingerprint density at radius 1 is 1.47 bits per heavy atom. The number of halogens is 1. The van der Waals surface area contributed by atoms with E-state index in [9.17, 15) is 14.4 Å². The monoisotopic (exact) mass is 332 g/mol. The molecule has 1 atom stereocenters. The van der Waals surface area contributed by atoms with Gasteiger partial charge in [-0.15, -0.1) is 0 Å². The SMILES string of the molecule is C[C@H](NC(=O)CN(C)C(=O)c1ccc(Br)o1)C(=O)O. The maximum atomic E-state index is 11.8. The fourth-order valence-electron chi connectivity index (χ4n) is 1.25. The molecule has 19 heavy (non-hydrogen) atoms. The van der Waals surface area contributed by atoms with Gasteiger partial charge in [-0.05, 0) is 35.0 Å². The van der Waals surface area contributed by atoms with Crippen LogP contribution >= 0.6 is 15.9 Å². The highest BCUT2D eigenvalue weighted by molar-refractivity contribution is 9.10. The molecule has 8 heteroatoms. The van der Waals surface area contributed by atoms with Crippen LogP contribution in [0, 0.1) is 0 Å². The van der Waals surface area contributed by atoms with E-state index in [1.165, 1.54) is 20.0 Å². The van der Waals surface area contributed by atoms with Crippen molar-refractivity contribution in [2.75, 3.05) is 13.6 Å². The number of likely N-dealkylation sites (N-methyl/N-ethyl adjacent to an activating group) is 1. The summed E-state index contributed by atoms with van der Waals surface area (Å²) in [6.07, 6.45) is 0. The quantitative estimate of drug-likeness (QED) is 0.826. The van der Waals surface area contributed by atoms with Crippen molar-refractivity contribution in [3.8, 4) is 0 Å². The first-order valence-corrected chi connectivity index (χ1v) is 6.13. The highest BCUT2D eigenvalue weighted by atomic mass is 79.9. The molecule has 104 valence electrons. The Hall–Kier alpha value is -1.83. The third kappa shape index (κ3) is 4.40. The second-order valence-electron chi connectivity index (χ2n) is 3.89. The topological polar surface area (TPSA) is 99.9 Å². The number of rotatable bonds is 5. The molecule has 2 N–H and O–H groups in total. The summed E-state index contributed by atoms with van der Waals surface area (Å²) < 4.78 is 5.48. The van der Waals surface area contributed by atoms with Gasteiger partial charge in [0.25, 0.3) is 5.91 Å². The van der Waals surface area contributed by atoms with E-state index < -0.39 is 23.8 Å². The molecule has 0 aromatic carbocycles. The number of hydrogen-bond donors (Lipinski definition) is 2. The van der Waals surface area contributed by atoms with Crippen LogP contribution in [0.4, 0.5) is 0 Å². The van der Waals surface area contributed by atoms with Gasteiger partial charge in [0.15, 0.2) is 10.4 Å². The number of nitrogens with one attached hydrogen (secondary N) is 1. The Morgan fingerprint density at radius 3 is 2.58 bits per heavy atom. The molecule has 0 unspecified atom stereocenters. The van der Waals surface area contributed by atoms with E-state index >= 15 is 0 Å². The van der Waals surface area contributed by atoms with E-state index in [1.807, 2.05) is 0 Å². The molecule has 0 saturated carbocycles. The number of amides is 2. The fraction of sp³-hybridized carbons (Fsp3) is 0.364. The number of carbonyl (C=O) groups is 3. The van der Waals surface area contributed by atoms with Crippen LogP contribution in [-0.2, 0) is 9.59 Å². The zero-order valence-corrected chi connectivity index (χ0v) is 11.9. The van der Waals surface area contributed by atoms with Crippen LogP contribution in [-0.4, -0.2) is 47.4 Å². The third-order valence-corrected chi connectivity index (χ3v) is 2.69. The van der Waals surface area contributed by atoms with Gasteiger partial charge in [0.2, 0.25) is 5.91 Å². The normalized spacial score (nSPS) is 11.7. The minimum atomic E-state index is -1.14. The predicted molar refractivity (Wildman–Crippen MR) is 68.6 cm³/mol. The largest absolute Gasteiger partial charge is 0.480 e. The maximum Gasteiger partial charge on any atom is 0.325 e. The van der Waals surface area contributed by atoms with Crippen molar-refractivity contribution < 1.29 is 23.9 Å². The molecule has 1 heterocycles. The maximum absolute atomic E-state index is 11.8. The van der Waals surface area contributed by atoms with Gasteiger partial charge in [0.1, 0.15) is 6.04 Å². The number of nitrogens with zero attached hydrogens (tertiary/aromatic N) is 1. The average molecular weight is 333 g/mol. The van der Waals surface area contributed by atoms with Gasteiger partial charge in [-0.2, -0.15) is 0 Å². The summed E-state index contributed by atoms with van der Waals surface area (Å²) in [5, 5.41) is 10.9. The van der Waals surface area contributed by atoms with Crippen molar-refractivity contribution in [1.29, 1.82) is 0 Å². The standard InChI is InChI=1S/C11H13BrN2O5/c1-6(11(17)18)13-9(15)5-14(2)10(16)7-3-4-8(12)19-7/h3-4,6H,5H2,1-2H3,(H,13,15)(H,17,18)/t6-/m0/s1. The molecule has 1 aromatic heterocycles. The Bertz CT molecular complexity index is 499. The first-order chi connectivity index (χ1) is 8.81. The van der Waals surface area contributed by atoms with E-state index in [1.54, 1.807) is 6.07 Å². The van der Waals surface area contributed by atoms with E-state index in [0.29, 0.717) is 4.67 Å². The smallest absolute Gasteiger partial charge is 0.325 e. The van der Waals surface area contributed by atoms with Crippen molar-refractivity contribution in [2.45, 2.75) is 13.0 Å². The zero-order chi connectivity index (χ0) is 14.6. The lowest BCUT2D eigenvalue weighted by Crippen LogP contribution is -2.44. The Morgan fingerprint density at radius 2 is 2.11 bits per heavy atom. The molecule has 0 aliphatic carbocycles. The summed E-state index contributed by atoms with van der Waals surface area (Å²) in [6, 6.07) is 2.03. The minimum absolute atomic E-state index is 0.0912. The lowest BCUT2D eigenvalue weighted by atomic mass is 10.3. The van der Waals surface area contributed by atoms with Gasteiger partial charge in [-0.25, -0.2) is 0 Å².